The third-order valence-electron chi connectivity index (χ3n) is 7.86. The molecule has 4 rings (SSSR count). The fourth-order valence-electron chi connectivity index (χ4n) is 7.28. The van der Waals surface area contributed by atoms with E-state index in [1.54, 1.807) is 6.42 Å². The van der Waals surface area contributed by atoms with Gasteiger partial charge >= 0.3 is 0 Å². The smallest absolute Gasteiger partial charge is 0.0255 e. The molecular weight excluding hydrogens is 286 g/mol. The molecule has 3 saturated carbocycles. The highest BCUT2D eigenvalue weighted by atomic mass is 32.3. The minimum absolute atomic E-state index is 0.585. The lowest BCUT2D eigenvalue weighted by Crippen LogP contribution is -2.44. The molecule has 0 aromatic rings. The van der Waals surface area contributed by atoms with Crippen LogP contribution in [0.15, 0.2) is 0 Å². The summed E-state index contributed by atoms with van der Waals surface area (Å²) in [5, 5.41) is 0. The summed E-state index contributed by atoms with van der Waals surface area (Å²) in [6.45, 7) is 5.16. The van der Waals surface area contributed by atoms with Gasteiger partial charge in [0.1, 0.15) is 0 Å². The fourth-order valence-corrected chi connectivity index (χ4v) is 9.38. The van der Waals surface area contributed by atoms with Gasteiger partial charge in [0, 0.05) is 12.1 Å². The van der Waals surface area contributed by atoms with Crippen LogP contribution in [0.4, 0.5) is 0 Å². The zero-order valence-electron chi connectivity index (χ0n) is 15.4. The highest BCUT2D eigenvalue weighted by Crippen LogP contribution is 2.65. The largest absolute Gasteiger partial charge is 0.261 e. The second-order valence-corrected chi connectivity index (χ2v) is 13.8. The standard InChI is InChI=1S/C20H37NS/c1-13-10-11-18-17(12-13)19-14(2)15-8-6-7-9-16(15)20(19)21(18)22(3,4)5/h13-20H,6-12H2,1-5H3. The molecule has 0 spiro atoms. The summed E-state index contributed by atoms with van der Waals surface area (Å²) in [7, 11) is -0.585. The Morgan fingerprint density at radius 2 is 1.50 bits per heavy atom. The Balaban J connectivity index is 1.73. The molecule has 8 atom stereocenters. The van der Waals surface area contributed by atoms with E-state index in [2.05, 4.69) is 36.9 Å². The summed E-state index contributed by atoms with van der Waals surface area (Å²) in [6.07, 6.45) is 18.3. The lowest BCUT2D eigenvalue weighted by Gasteiger charge is -2.49. The lowest BCUT2D eigenvalue weighted by molar-refractivity contribution is 0.129. The first-order valence-corrected chi connectivity index (χ1v) is 12.7. The molecule has 1 nitrogen and oxygen atoms in total. The minimum Gasteiger partial charge on any atom is -0.261 e. The topological polar surface area (TPSA) is 3.24 Å². The molecule has 22 heavy (non-hydrogen) atoms. The predicted molar refractivity (Wildman–Crippen MR) is 99.4 cm³/mol. The Morgan fingerprint density at radius 1 is 0.818 bits per heavy atom. The zero-order valence-corrected chi connectivity index (χ0v) is 16.2. The van der Waals surface area contributed by atoms with E-state index in [1.807, 2.05) is 0 Å². The van der Waals surface area contributed by atoms with Crippen molar-refractivity contribution in [2.75, 3.05) is 18.8 Å². The molecule has 0 N–H and O–H groups in total. The van der Waals surface area contributed by atoms with Crippen LogP contribution in [-0.2, 0) is 0 Å². The van der Waals surface area contributed by atoms with Crippen molar-refractivity contribution in [2.24, 2.45) is 35.5 Å². The molecule has 0 radical (unpaired) electrons. The van der Waals surface area contributed by atoms with Crippen molar-refractivity contribution < 1.29 is 0 Å². The molecule has 8 unspecified atom stereocenters. The van der Waals surface area contributed by atoms with E-state index in [9.17, 15) is 0 Å². The van der Waals surface area contributed by atoms with Gasteiger partial charge in [-0.1, -0.05) is 26.7 Å². The van der Waals surface area contributed by atoms with Crippen molar-refractivity contribution in [2.45, 2.75) is 70.9 Å². The SMILES string of the molecule is CC1CCC2C(C1)C1C(C)C3CCCCC3C1N2S(C)(C)C. The first-order chi connectivity index (χ1) is 10.4. The van der Waals surface area contributed by atoms with Crippen LogP contribution in [0.25, 0.3) is 0 Å². The van der Waals surface area contributed by atoms with E-state index in [0.29, 0.717) is 0 Å². The summed E-state index contributed by atoms with van der Waals surface area (Å²) in [5.41, 5.74) is 0. The molecule has 1 aliphatic heterocycles. The molecular formula is C20H37NS. The van der Waals surface area contributed by atoms with Crippen molar-refractivity contribution >= 4 is 10.2 Å². The van der Waals surface area contributed by atoms with Gasteiger partial charge in [-0.2, -0.15) is 10.2 Å². The van der Waals surface area contributed by atoms with Gasteiger partial charge in [-0.05, 0) is 86.4 Å². The van der Waals surface area contributed by atoms with Crippen molar-refractivity contribution in [1.29, 1.82) is 0 Å². The lowest BCUT2D eigenvalue weighted by atomic mass is 9.70. The molecule has 0 aromatic carbocycles. The maximum Gasteiger partial charge on any atom is 0.0255 e. The third-order valence-corrected chi connectivity index (χ3v) is 9.64. The number of hydrogen-bond donors (Lipinski definition) is 0. The third kappa shape index (κ3) is 2.23. The van der Waals surface area contributed by atoms with Crippen molar-refractivity contribution in [3.63, 3.8) is 0 Å². The van der Waals surface area contributed by atoms with Crippen LogP contribution in [-0.4, -0.2) is 35.2 Å². The van der Waals surface area contributed by atoms with Crippen LogP contribution in [0.5, 0.6) is 0 Å². The average molecular weight is 324 g/mol. The first-order valence-electron chi connectivity index (χ1n) is 9.86. The molecule has 2 heteroatoms. The van der Waals surface area contributed by atoms with Crippen LogP contribution in [0, 0.1) is 35.5 Å². The Hall–Kier alpha value is 0.310. The summed E-state index contributed by atoms with van der Waals surface area (Å²) in [5.74, 6) is 6.15. The van der Waals surface area contributed by atoms with Crippen LogP contribution in [0.3, 0.4) is 0 Å². The van der Waals surface area contributed by atoms with Gasteiger partial charge in [0.05, 0.1) is 0 Å². The van der Waals surface area contributed by atoms with Crippen LogP contribution in [0.2, 0.25) is 0 Å². The van der Waals surface area contributed by atoms with E-state index in [0.717, 1.165) is 47.6 Å². The molecule has 0 bridgehead atoms. The first kappa shape index (κ1) is 15.8. The summed E-state index contributed by atoms with van der Waals surface area (Å²) < 4.78 is 3.14. The highest BCUT2D eigenvalue weighted by molar-refractivity contribution is 8.30. The van der Waals surface area contributed by atoms with Crippen LogP contribution < -0.4 is 0 Å². The van der Waals surface area contributed by atoms with Gasteiger partial charge in [-0.15, -0.1) is 0 Å². The van der Waals surface area contributed by atoms with Gasteiger partial charge in [0.15, 0.2) is 0 Å². The van der Waals surface area contributed by atoms with Crippen molar-refractivity contribution in [1.82, 2.24) is 4.31 Å². The second kappa shape index (κ2) is 5.41. The number of hydrogen-bond acceptors (Lipinski definition) is 1. The fraction of sp³-hybridized carbons (Fsp3) is 1.00. The quantitative estimate of drug-likeness (QED) is 0.644. The van der Waals surface area contributed by atoms with Gasteiger partial charge < -0.3 is 0 Å². The average Bonchev–Trinajstić information content (AvgIpc) is 2.93. The zero-order chi connectivity index (χ0) is 15.6. The number of nitrogens with zero attached hydrogens (tertiary/aromatic N) is 1. The number of rotatable bonds is 1. The van der Waals surface area contributed by atoms with Gasteiger partial charge in [0.2, 0.25) is 0 Å². The maximum atomic E-state index is 3.14. The minimum atomic E-state index is -0.585. The molecule has 1 heterocycles. The van der Waals surface area contributed by atoms with E-state index in [1.165, 1.54) is 38.5 Å². The molecule has 0 aromatic heterocycles. The Bertz CT molecular complexity index is 428. The Labute approximate surface area is 140 Å². The van der Waals surface area contributed by atoms with Crippen LogP contribution in [0.1, 0.15) is 58.8 Å². The normalized spacial score (nSPS) is 53.0. The molecule has 3 aliphatic carbocycles. The van der Waals surface area contributed by atoms with E-state index in [-0.39, 0.29) is 0 Å². The predicted octanol–water partition coefficient (Wildman–Crippen LogP) is 5.16. The summed E-state index contributed by atoms with van der Waals surface area (Å²) >= 11 is 0. The van der Waals surface area contributed by atoms with Crippen LogP contribution >= 0.6 is 10.2 Å². The monoisotopic (exact) mass is 323 g/mol. The molecule has 4 fully saturated rings. The van der Waals surface area contributed by atoms with E-state index >= 15 is 0 Å². The molecule has 4 aliphatic rings. The van der Waals surface area contributed by atoms with Crippen molar-refractivity contribution in [3.8, 4) is 0 Å². The molecule has 1 saturated heterocycles. The van der Waals surface area contributed by atoms with Gasteiger partial charge in [-0.3, -0.25) is 4.31 Å². The van der Waals surface area contributed by atoms with Gasteiger partial charge in [0.25, 0.3) is 0 Å². The maximum absolute atomic E-state index is 3.14. The highest BCUT2D eigenvalue weighted by Gasteiger charge is 2.62. The van der Waals surface area contributed by atoms with Gasteiger partial charge in [-0.25, -0.2) is 0 Å². The van der Waals surface area contributed by atoms with E-state index in [4.69, 9.17) is 0 Å². The molecule has 128 valence electrons. The number of fused-ring (bicyclic) bond motifs is 5. The van der Waals surface area contributed by atoms with Crippen molar-refractivity contribution in [3.05, 3.63) is 0 Å². The summed E-state index contributed by atoms with van der Waals surface area (Å²) in [6, 6.07) is 1.89. The Kier molecular flexibility index (Phi) is 3.89. The summed E-state index contributed by atoms with van der Waals surface area (Å²) in [4.78, 5) is 0. The second-order valence-electron chi connectivity index (χ2n) is 9.82. The van der Waals surface area contributed by atoms with E-state index < -0.39 is 10.2 Å². The molecule has 0 amide bonds. The Morgan fingerprint density at radius 3 is 2.18 bits per heavy atom.